The fourth-order valence-corrected chi connectivity index (χ4v) is 24.6. The molecule has 0 saturated heterocycles. The molecule has 0 heterocycles. The van der Waals surface area contributed by atoms with Crippen LogP contribution in [0.25, 0.3) is 0 Å². The van der Waals surface area contributed by atoms with E-state index >= 15 is 0 Å². The van der Waals surface area contributed by atoms with Crippen molar-refractivity contribution in [3.05, 3.63) is 30.3 Å². The maximum atomic E-state index is 14.3. The molecule has 0 spiro atoms. The fraction of sp³-hybridized carbons (Fsp3) is 0.913. The molecule has 10 saturated carbocycles. The predicted molar refractivity (Wildman–Crippen MR) is 323 cm³/mol. The maximum Gasteiger partial charge on any atom is 2.00 e. The van der Waals surface area contributed by atoms with E-state index in [4.69, 9.17) is 5.11 Å². The van der Waals surface area contributed by atoms with E-state index in [1.165, 1.54) is 64.2 Å². The molecule has 10 aliphatic rings. The second kappa shape index (κ2) is 24.7. The third-order valence-electron chi connectivity index (χ3n) is 27.5. The average molecular weight is 1190 g/mol. The van der Waals surface area contributed by atoms with Crippen LogP contribution in [0.2, 0.25) is 0 Å². The van der Waals surface area contributed by atoms with E-state index in [1.54, 1.807) is 24.3 Å². The summed E-state index contributed by atoms with van der Waals surface area (Å²) in [6, 6.07) is 8.71. The number of rotatable bonds is 12. The van der Waals surface area contributed by atoms with Crippen LogP contribution in [0.3, 0.4) is 0 Å². The van der Waals surface area contributed by atoms with E-state index in [9.17, 15) is 46.4 Å². The molecule has 5 N–H and O–H groups in total. The van der Waals surface area contributed by atoms with Gasteiger partial charge in [0.05, 0.1) is 32.5 Å². The molecule has 7 nitrogen and oxygen atoms in total. The van der Waals surface area contributed by atoms with Crippen LogP contribution < -0.4 is 0 Å². The van der Waals surface area contributed by atoms with Gasteiger partial charge in [0.2, 0.25) is 11.8 Å². The Kier molecular flexibility index (Phi) is 20.3. The molecule has 0 amide bonds. The second-order valence-corrected chi connectivity index (χ2v) is 34.2. The zero-order valence-electron chi connectivity index (χ0n) is 54.5. The molecule has 0 bridgehead atoms. The van der Waals surface area contributed by atoms with Crippen LogP contribution >= 0.6 is 0 Å². The average Bonchev–Trinajstić information content (AvgIpc) is 1.81. The third kappa shape index (κ3) is 13.2. The van der Waals surface area contributed by atoms with Crippen molar-refractivity contribution in [2.24, 2.45) is 92.7 Å². The van der Waals surface area contributed by atoms with E-state index in [0.29, 0.717) is 64.1 Å². The molecule has 468 valence electrons. The molecule has 1 aromatic rings. The Labute approximate surface area is 513 Å². The third-order valence-corrected chi connectivity index (χ3v) is 29.8. The Morgan fingerprint density at radius 3 is 1.38 bits per heavy atom. The van der Waals surface area contributed by atoms with Gasteiger partial charge in [-0.3, -0.25) is 0 Å². The zero-order chi connectivity index (χ0) is 59.0. The summed E-state index contributed by atoms with van der Waals surface area (Å²) < 4.78 is 83.6. The first-order valence-electron chi connectivity index (χ1n) is 33.2. The molecule has 0 radical (unpaired) electrons. The summed E-state index contributed by atoms with van der Waals surface area (Å²) in [7, 11) is -2.70. The van der Waals surface area contributed by atoms with Crippen LogP contribution in [0.15, 0.2) is 35.2 Å². The monoisotopic (exact) mass is 1190 g/mol. The Hall–Kier alpha value is -0.544. The minimum Gasteiger partial charge on any atom is -1.00 e. The summed E-state index contributed by atoms with van der Waals surface area (Å²) in [6.45, 7) is 18.8. The maximum absolute atomic E-state index is 14.3. The molecule has 0 aromatic heterocycles. The van der Waals surface area contributed by atoms with Crippen molar-refractivity contribution in [1.29, 1.82) is 0 Å². The number of aliphatic hydroxyl groups is 5. The Morgan fingerprint density at radius 2 is 0.915 bits per heavy atom. The smallest absolute Gasteiger partial charge is 1.00 e. The quantitative estimate of drug-likeness (QED) is 0.104. The van der Waals surface area contributed by atoms with Crippen LogP contribution in [-0.4, -0.2) is 104 Å². The molecule has 0 aliphatic heterocycles. The van der Waals surface area contributed by atoms with Gasteiger partial charge in [-0.2, -0.15) is 0 Å². The van der Waals surface area contributed by atoms with Gasteiger partial charge in [-0.1, -0.05) is 72.6 Å². The topological polar surface area (TPSA) is 135 Å². The van der Waals surface area contributed by atoms with Gasteiger partial charge in [-0.15, -0.1) is 0 Å². The molecule has 82 heavy (non-hydrogen) atoms. The van der Waals surface area contributed by atoms with Crippen molar-refractivity contribution < 1.29 is 54.4 Å². The van der Waals surface area contributed by atoms with Crippen molar-refractivity contribution >= 4 is 32.9 Å². The number of benzene rings is 1. The number of halogens is 4. The van der Waals surface area contributed by atoms with E-state index in [2.05, 4.69) is 48.5 Å². The minimum atomic E-state index is -3.70. The van der Waals surface area contributed by atoms with E-state index < -0.39 is 49.3 Å². The van der Waals surface area contributed by atoms with Crippen molar-refractivity contribution in [2.45, 2.75) is 299 Å². The summed E-state index contributed by atoms with van der Waals surface area (Å²) in [5.41, 5.74) is -1.89. The second-order valence-electron chi connectivity index (χ2n) is 32.0. The normalized spacial score (nSPS) is 44.2. The van der Waals surface area contributed by atoms with Crippen LogP contribution in [0.4, 0.5) is 17.6 Å². The summed E-state index contributed by atoms with van der Waals surface area (Å²) in [5, 5.41) is 50.1. The molecule has 10 aliphatic carbocycles. The van der Waals surface area contributed by atoms with Crippen LogP contribution in [0.1, 0.15) is 257 Å². The Morgan fingerprint density at radius 1 is 0.500 bits per heavy atom. The first-order valence-corrected chi connectivity index (χ1v) is 34.7. The van der Waals surface area contributed by atoms with Crippen molar-refractivity contribution in [3.63, 3.8) is 0 Å². The van der Waals surface area contributed by atoms with Gasteiger partial charge in [0.15, 0.2) is 9.84 Å². The molecule has 10 fully saturated rings. The number of hydrogen-bond donors (Lipinski definition) is 5. The van der Waals surface area contributed by atoms with Crippen LogP contribution in [0, 0.1) is 92.7 Å². The summed E-state index contributed by atoms with van der Waals surface area (Å²) in [4.78, 5) is 0.321. The van der Waals surface area contributed by atoms with Gasteiger partial charge in [-0.05, 0) is 279 Å². The van der Waals surface area contributed by atoms with Crippen molar-refractivity contribution in [1.82, 2.24) is 0 Å². The summed E-state index contributed by atoms with van der Waals surface area (Å²) in [6.07, 6.45) is 23.9. The van der Waals surface area contributed by atoms with Crippen LogP contribution in [0.5, 0.6) is 0 Å². The van der Waals surface area contributed by atoms with Gasteiger partial charge in [0, 0.05) is 32.8 Å². The molecule has 19 atom stereocenters. The molecule has 1 aromatic carbocycles. The van der Waals surface area contributed by atoms with Crippen molar-refractivity contribution in [3.8, 4) is 0 Å². The fourth-order valence-electron chi connectivity index (χ4n) is 22.5. The van der Waals surface area contributed by atoms with Gasteiger partial charge in [0.1, 0.15) is 0 Å². The summed E-state index contributed by atoms with van der Waals surface area (Å²) in [5.74, 6) is 1.99. The number of aliphatic hydroxyl groups excluding tert-OH is 1. The summed E-state index contributed by atoms with van der Waals surface area (Å²) >= 11 is 0. The van der Waals surface area contributed by atoms with E-state index in [-0.39, 0.29) is 106 Å². The van der Waals surface area contributed by atoms with E-state index in [0.717, 1.165) is 95.0 Å². The number of alkyl halides is 4. The molecule has 1 unspecified atom stereocenters. The molecular weight excluding hydrogens is 1070 g/mol. The van der Waals surface area contributed by atoms with Gasteiger partial charge < -0.3 is 28.4 Å². The Bertz CT molecular complexity index is 2400. The molecule has 11 rings (SSSR count). The largest absolute Gasteiger partial charge is 2.00 e. The number of sulfone groups is 1. The first-order chi connectivity index (χ1) is 37.8. The van der Waals surface area contributed by atoms with Gasteiger partial charge >= 0.3 is 23.1 Å². The standard InChI is InChI=1S/C37H56F2O4S.C31H52F2O2.CH4O.Mg.2H/c1-25(32(44(42,43)27-8-6-5-7-9-27)15-17-36(41)20-22-37(38,39)23-21-36)29-12-13-30-28-11-10-26-24-33(2,40)18-19-34(26,3)31(28)14-16-35(29,30)4;1-21(6-5-12-30(35)16-18-31(32,33)19-17-30)24-9-10-25-23-8-7-22-20-27(2,34)14-15-28(22,3)26(23)11-13-29(24,25)4;1-2;;;/h5-9,25-26,28-32,40-41H,10-24H2,1-4H3;21-26,34-35H,5-20H2,1-4H3;2H,1H3;;;/q;;;+2;2*-1/t25-,26-,28-,29+,30-,31-,32?,33-,34-,35+;21-,22+,23+,24-,25+,26+,27+,28+,29-;;;;/m01..../s1. The SMILES string of the molecule is CO.C[C@H](C(CCC1(O)CCC(F)(F)CC1)S(=O)(=O)c1ccccc1)[C@H]1CC[C@H]2[C@@H]3CC[C@H]4C[C@@](C)(O)CC[C@]4(C)[C@H]3CC[C@]12C.C[C@H](CCCC1(O)CCC(F)(F)CC1)[C@H]1CC[C@H]2[C@@H]3CC[C@H]4C[C@@](C)(O)CC[C@]4(C)[C@H]3CC[C@]12C.[H-].[H-].[Mg+2]. The van der Waals surface area contributed by atoms with E-state index in [1.807, 2.05) is 13.0 Å². The minimum absolute atomic E-state index is 0. The first kappa shape index (κ1) is 67.4. The molecule has 13 heteroatoms. The van der Waals surface area contributed by atoms with Gasteiger partial charge in [0.25, 0.3) is 0 Å². The molecular formula is C69H114F4MgO7S. The predicted octanol–water partition coefficient (Wildman–Crippen LogP) is 16.2. The number of hydrogen-bond acceptors (Lipinski definition) is 7. The Balaban J connectivity index is 0.000000258. The number of fused-ring (bicyclic) bond motifs is 10. The van der Waals surface area contributed by atoms with Crippen molar-refractivity contribution in [2.75, 3.05) is 7.11 Å². The van der Waals surface area contributed by atoms with Crippen LogP contribution in [-0.2, 0) is 9.84 Å². The zero-order valence-corrected chi connectivity index (χ0v) is 54.7. The van der Waals surface area contributed by atoms with Gasteiger partial charge in [-0.25, -0.2) is 26.0 Å².